The van der Waals surface area contributed by atoms with Crippen LogP contribution in [0.1, 0.15) is 0 Å². The second kappa shape index (κ2) is 3.87. The first kappa shape index (κ1) is 11.4. The third-order valence-corrected chi connectivity index (χ3v) is 31.1. The summed E-state index contributed by atoms with van der Waals surface area (Å²) < 4.78 is 0. The summed E-state index contributed by atoms with van der Waals surface area (Å²) in [4.78, 5) is 2.51. The minimum Gasteiger partial charge on any atom is -0.0964 e. The number of hydrogen-bond acceptors (Lipinski definition) is 0. The summed E-state index contributed by atoms with van der Waals surface area (Å²) >= 11 is 7.25. The number of hydrogen-bond donors (Lipinski definition) is 0. The van der Waals surface area contributed by atoms with Gasteiger partial charge < -0.3 is 0 Å². The van der Waals surface area contributed by atoms with Crippen LogP contribution >= 0.6 is 31.9 Å². The highest BCUT2D eigenvalue weighted by molar-refractivity contribution is 9.10. The van der Waals surface area contributed by atoms with Crippen molar-refractivity contribution in [2.75, 3.05) is 9.91 Å². The third-order valence-electron chi connectivity index (χ3n) is 2.50. The monoisotopic (exact) mass is 302 g/mol. The van der Waals surface area contributed by atoms with Crippen molar-refractivity contribution >= 4 is 47.0 Å². The van der Waals surface area contributed by atoms with E-state index in [1.165, 1.54) is 9.91 Å². The van der Waals surface area contributed by atoms with Gasteiger partial charge in [-0.25, -0.2) is 0 Å². The molecule has 0 fully saturated rings. The highest BCUT2D eigenvalue weighted by Gasteiger charge is 2.38. The van der Waals surface area contributed by atoms with E-state index in [1.807, 2.05) is 0 Å². The number of halogens is 2. The zero-order valence-electron chi connectivity index (χ0n) is 7.17. The minimum atomic E-state index is -0.896. The van der Waals surface area contributed by atoms with E-state index in [1.54, 1.807) is 0 Å². The second-order valence-electron chi connectivity index (χ2n) is 4.04. The van der Waals surface area contributed by atoms with E-state index in [-0.39, 0.29) is 0 Å². The minimum absolute atomic E-state index is 0.896. The lowest BCUT2D eigenvalue weighted by Crippen LogP contribution is -2.58. The Kier molecular flexibility index (Phi) is 4.41. The molecule has 0 unspecified atom stereocenters. The van der Waals surface area contributed by atoms with Crippen LogP contribution in [0, 0.1) is 0 Å². The maximum absolute atomic E-state index is 3.62. The first-order valence-electron chi connectivity index (χ1n) is 3.49. The highest BCUT2D eigenvalue weighted by atomic mass is 79.9. The highest BCUT2D eigenvalue weighted by Crippen LogP contribution is 2.22. The molecular formula is C6H16Br2Si2. The maximum atomic E-state index is 3.62. The van der Waals surface area contributed by atoms with Crippen LogP contribution in [0.5, 0.6) is 0 Å². The molecule has 10 heavy (non-hydrogen) atoms. The molecule has 0 aromatic heterocycles. The molecule has 0 aromatic rings. The topological polar surface area (TPSA) is 0 Å². The average Bonchev–Trinajstić information content (AvgIpc) is 1.88. The Morgan fingerprint density at radius 3 is 1.10 bits per heavy atom. The van der Waals surface area contributed by atoms with Crippen LogP contribution in [0.3, 0.4) is 0 Å². The molecule has 62 valence electrons. The molecule has 0 saturated heterocycles. The van der Waals surface area contributed by atoms with Gasteiger partial charge >= 0.3 is 0 Å². The van der Waals surface area contributed by atoms with Crippen LogP contribution in [0.25, 0.3) is 0 Å². The van der Waals surface area contributed by atoms with Crippen LogP contribution in [0.2, 0.25) is 26.2 Å². The number of alkyl halides is 2. The lowest BCUT2D eigenvalue weighted by molar-refractivity contribution is 1.69. The van der Waals surface area contributed by atoms with E-state index in [0.29, 0.717) is 0 Å². The Morgan fingerprint density at radius 2 is 1.00 bits per heavy atom. The van der Waals surface area contributed by atoms with E-state index in [9.17, 15) is 0 Å². The molecule has 0 atom stereocenters. The summed E-state index contributed by atoms with van der Waals surface area (Å²) in [6, 6.07) is 0. The molecule has 0 nitrogen and oxygen atoms in total. The second-order valence-corrected chi connectivity index (χ2v) is 23.6. The van der Waals surface area contributed by atoms with E-state index < -0.39 is 15.2 Å². The van der Waals surface area contributed by atoms with E-state index in [2.05, 4.69) is 58.0 Å². The molecule has 4 heteroatoms. The van der Waals surface area contributed by atoms with Crippen LogP contribution in [-0.2, 0) is 0 Å². The van der Waals surface area contributed by atoms with Gasteiger partial charge in [0.1, 0.15) is 0 Å². The molecule has 0 aliphatic rings. The zero-order chi connectivity index (χ0) is 8.41. The molecule has 0 N–H and O–H groups in total. The normalized spacial score (nSPS) is 13.8. The van der Waals surface area contributed by atoms with Crippen molar-refractivity contribution in [1.29, 1.82) is 0 Å². The standard InChI is InChI=1S/C6H16Br2Si2/c1-9(2,5-7)10(3,4)6-8/h5-6H2,1-4H3. The Labute approximate surface area is 82.8 Å². The van der Waals surface area contributed by atoms with Gasteiger partial charge in [-0.3, -0.25) is 0 Å². The van der Waals surface area contributed by atoms with Crippen molar-refractivity contribution in [2.24, 2.45) is 0 Å². The Hall–Kier alpha value is 1.39. The molecule has 0 aliphatic carbocycles. The first-order valence-corrected chi connectivity index (χ1v) is 13.1. The predicted molar refractivity (Wildman–Crippen MR) is 62.6 cm³/mol. The third kappa shape index (κ3) is 2.46. The van der Waals surface area contributed by atoms with Gasteiger partial charge in [0.05, 0.1) is 15.2 Å². The maximum Gasteiger partial charge on any atom is 0.0537 e. The SMILES string of the molecule is C[Si](C)(CBr)[Si](C)(C)CBr. The van der Waals surface area contributed by atoms with Gasteiger partial charge in [0.25, 0.3) is 0 Å². The molecular weight excluding hydrogens is 288 g/mol. The summed E-state index contributed by atoms with van der Waals surface area (Å²) in [5, 5.41) is 0. The Bertz CT molecular complexity index is 98.3. The van der Waals surface area contributed by atoms with Gasteiger partial charge in [0, 0.05) is 0 Å². The van der Waals surface area contributed by atoms with Crippen molar-refractivity contribution in [3.63, 3.8) is 0 Å². The smallest absolute Gasteiger partial charge is 0.0537 e. The van der Waals surface area contributed by atoms with Crippen molar-refractivity contribution in [2.45, 2.75) is 26.2 Å². The molecule has 0 bridgehead atoms. The van der Waals surface area contributed by atoms with Crippen molar-refractivity contribution in [1.82, 2.24) is 0 Å². The molecule has 0 saturated carbocycles. The molecule has 0 spiro atoms. The van der Waals surface area contributed by atoms with Gasteiger partial charge in [0.15, 0.2) is 0 Å². The van der Waals surface area contributed by atoms with Gasteiger partial charge in [-0.15, -0.1) is 0 Å². The largest absolute Gasteiger partial charge is 0.0964 e. The summed E-state index contributed by atoms with van der Waals surface area (Å²) in [6.45, 7) is 9.93. The van der Waals surface area contributed by atoms with Crippen LogP contribution < -0.4 is 0 Å². The van der Waals surface area contributed by atoms with Crippen molar-refractivity contribution in [3.8, 4) is 0 Å². The molecule has 0 radical (unpaired) electrons. The first-order chi connectivity index (χ1) is 4.37. The van der Waals surface area contributed by atoms with E-state index >= 15 is 0 Å². The molecule has 0 aromatic carbocycles. The van der Waals surface area contributed by atoms with E-state index in [4.69, 9.17) is 0 Å². The fourth-order valence-electron chi connectivity index (χ4n) is 0.362. The summed E-state index contributed by atoms with van der Waals surface area (Å²) in [7, 11) is -1.79. The zero-order valence-corrected chi connectivity index (χ0v) is 12.3. The van der Waals surface area contributed by atoms with Crippen molar-refractivity contribution in [3.05, 3.63) is 0 Å². The van der Waals surface area contributed by atoms with Gasteiger partial charge in [0.2, 0.25) is 0 Å². The predicted octanol–water partition coefficient (Wildman–Crippen LogP) is 3.35. The number of rotatable bonds is 3. The van der Waals surface area contributed by atoms with Gasteiger partial charge in [-0.1, -0.05) is 58.0 Å². The molecule has 0 amide bonds. The van der Waals surface area contributed by atoms with Crippen molar-refractivity contribution < 1.29 is 0 Å². The van der Waals surface area contributed by atoms with E-state index in [0.717, 1.165) is 0 Å². The fraction of sp³-hybridized carbons (Fsp3) is 1.00. The van der Waals surface area contributed by atoms with Gasteiger partial charge in [-0.2, -0.15) is 0 Å². The van der Waals surface area contributed by atoms with Crippen LogP contribution in [-0.4, -0.2) is 25.1 Å². The fourth-order valence-corrected chi connectivity index (χ4v) is 16.9. The molecule has 0 heterocycles. The molecule has 0 aliphatic heterocycles. The lowest BCUT2D eigenvalue weighted by atomic mass is 11.8. The Morgan fingerprint density at radius 1 is 0.800 bits per heavy atom. The summed E-state index contributed by atoms with van der Waals surface area (Å²) in [5.41, 5.74) is 0. The quantitative estimate of drug-likeness (QED) is 0.554. The van der Waals surface area contributed by atoms with Crippen LogP contribution in [0.4, 0.5) is 0 Å². The molecule has 0 rings (SSSR count). The Balaban J connectivity index is 4.28. The van der Waals surface area contributed by atoms with Gasteiger partial charge in [-0.05, 0) is 9.91 Å². The average molecular weight is 304 g/mol. The summed E-state index contributed by atoms with van der Waals surface area (Å²) in [6.07, 6.45) is 0. The van der Waals surface area contributed by atoms with Crippen LogP contribution in [0.15, 0.2) is 0 Å². The summed E-state index contributed by atoms with van der Waals surface area (Å²) in [5.74, 6) is 0. The lowest BCUT2D eigenvalue weighted by Gasteiger charge is -2.35.